The number of rotatable bonds is 6. The van der Waals surface area contributed by atoms with Crippen LogP contribution in [0.15, 0.2) is 36.7 Å². The topological polar surface area (TPSA) is 139 Å². The first-order valence-electron chi connectivity index (χ1n) is 9.61. The maximum atomic E-state index is 12.9. The van der Waals surface area contributed by atoms with Gasteiger partial charge >= 0.3 is 0 Å². The first-order valence-corrected chi connectivity index (χ1v) is 9.61. The predicted molar refractivity (Wildman–Crippen MR) is 106 cm³/mol. The highest BCUT2D eigenvalue weighted by Crippen LogP contribution is 2.29. The van der Waals surface area contributed by atoms with Gasteiger partial charge in [0.05, 0.1) is 17.7 Å². The van der Waals surface area contributed by atoms with E-state index in [1.165, 1.54) is 0 Å². The molecule has 10 nitrogen and oxygen atoms in total. The number of amides is 4. The maximum Gasteiger partial charge on any atom is 0.262 e. The molecule has 2 aliphatic rings. The smallest absolute Gasteiger partial charge is 0.262 e. The van der Waals surface area contributed by atoms with Crippen molar-refractivity contribution >= 4 is 29.3 Å². The number of imide groups is 2. The number of carbonyl (C=O) groups excluding carboxylic acids is 4. The van der Waals surface area contributed by atoms with Gasteiger partial charge in [-0.1, -0.05) is 0 Å². The maximum absolute atomic E-state index is 12.9. The fraction of sp³-hybridized carbons (Fsp3) is 0.350. The van der Waals surface area contributed by atoms with Crippen molar-refractivity contribution in [2.45, 2.75) is 37.9 Å². The molecule has 3 heterocycles. The van der Waals surface area contributed by atoms with Crippen LogP contribution >= 0.6 is 0 Å². The number of nitrogens with zero attached hydrogens (tertiary/aromatic N) is 3. The number of piperidine rings is 1. The number of fused-ring (bicyclic) bond motifs is 1. The Balaban J connectivity index is 1.48. The predicted octanol–water partition coefficient (Wildman–Crippen LogP) is 0.114. The minimum Gasteiger partial charge on any atom is -0.383 e. The third-order valence-electron chi connectivity index (χ3n) is 5.22. The Morgan fingerprint density at radius 1 is 1.23 bits per heavy atom. The molecule has 30 heavy (non-hydrogen) atoms. The minimum atomic E-state index is -0.979. The Kier molecular flexibility index (Phi) is 4.86. The van der Waals surface area contributed by atoms with E-state index in [2.05, 4.69) is 15.7 Å². The summed E-state index contributed by atoms with van der Waals surface area (Å²) in [5.74, 6) is -2.10. The highest BCUT2D eigenvalue weighted by Gasteiger charge is 2.44. The molecule has 0 spiro atoms. The molecule has 2 unspecified atom stereocenters. The highest BCUT2D eigenvalue weighted by molar-refractivity contribution is 6.23. The quantitative estimate of drug-likeness (QED) is 0.575. The van der Waals surface area contributed by atoms with Crippen LogP contribution in [0.25, 0.3) is 0 Å². The standard InChI is InChI=1S/C20H22N6O4/c1-20(21,11-25-8-2-7-23-25)10-22-12-3-4-13-14(9-12)19(30)26(18(13)29)15-5-6-16(27)24-17(15)28/h2-4,7-9,15,22H,5-6,10-11,21H2,1H3,(H,24,27,28). The number of nitrogens with two attached hydrogens (primary N) is 1. The van der Waals surface area contributed by atoms with E-state index in [-0.39, 0.29) is 24.0 Å². The van der Waals surface area contributed by atoms with Crippen LogP contribution in [0.4, 0.5) is 5.69 Å². The Morgan fingerprint density at radius 3 is 2.70 bits per heavy atom. The largest absolute Gasteiger partial charge is 0.383 e. The number of hydrogen-bond acceptors (Lipinski definition) is 7. The third kappa shape index (κ3) is 3.69. The van der Waals surface area contributed by atoms with Crippen LogP contribution in [0.2, 0.25) is 0 Å². The van der Waals surface area contributed by atoms with Crippen molar-refractivity contribution in [3.05, 3.63) is 47.8 Å². The molecular weight excluding hydrogens is 388 g/mol. The van der Waals surface area contributed by atoms with Gasteiger partial charge < -0.3 is 11.1 Å². The molecule has 156 valence electrons. The van der Waals surface area contributed by atoms with Gasteiger partial charge in [0.2, 0.25) is 11.8 Å². The molecule has 4 amide bonds. The molecule has 10 heteroatoms. The van der Waals surface area contributed by atoms with Gasteiger partial charge in [-0.3, -0.25) is 34.1 Å². The van der Waals surface area contributed by atoms with Crippen molar-refractivity contribution in [2.24, 2.45) is 5.73 Å². The van der Waals surface area contributed by atoms with E-state index in [4.69, 9.17) is 5.73 Å². The number of nitrogens with one attached hydrogen (secondary N) is 2. The van der Waals surface area contributed by atoms with Crippen LogP contribution in [0, 0.1) is 0 Å². The first kappa shape index (κ1) is 19.8. The summed E-state index contributed by atoms with van der Waals surface area (Å²) in [6.07, 6.45) is 3.72. The van der Waals surface area contributed by atoms with E-state index in [0.717, 1.165) is 4.90 Å². The Bertz CT molecular complexity index is 1030. The van der Waals surface area contributed by atoms with Gasteiger partial charge in [-0.25, -0.2) is 0 Å². The second-order valence-electron chi connectivity index (χ2n) is 7.92. The molecule has 4 rings (SSSR count). The Morgan fingerprint density at radius 2 is 2.00 bits per heavy atom. The second-order valence-corrected chi connectivity index (χ2v) is 7.92. The zero-order valence-electron chi connectivity index (χ0n) is 16.4. The lowest BCUT2D eigenvalue weighted by Crippen LogP contribution is -2.54. The van der Waals surface area contributed by atoms with E-state index in [1.54, 1.807) is 29.1 Å². The minimum absolute atomic E-state index is 0.0853. The summed E-state index contributed by atoms with van der Waals surface area (Å²) in [5, 5.41) is 9.54. The van der Waals surface area contributed by atoms with Crippen LogP contribution in [0.1, 0.15) is 40.5 Å². The van der Waals surface area contributed by atoms with E-state index < -0.39 is 35.2 Å². The lowest BCUT2D eigenvalue weighted by molar-refractivity contribution is -0.136. The number of hydrogen-bond donors (Lipinski definition) is 3. The van der Waals surface area contributed by atoms with Crippen molar-refractivity contribution in [1.82, 2.24) is 20.0 Å². The summed E-state index contributed by atoms with van der Waals surface area (Å²) in [4.78, 5) is 50.1. The van der Waals surface area contributed by atoms with Crippen LogP contribution in [-0.4, -0.2) is 56.4 Å². The molecule has 0 radical (unpaired) electrons. The summed E-state index contributed by atoms with van der Waals surface area (Å²) in [7, 11) is 0. The normalized spacial score (nSPS) is 20.7. The SMILES string of the molecule is CC(N)(CNc1ccc2c(c1)C(=O)N(C1CCC(=O)NC1=O)C2=O)Cn1cccn1. The molecule has 1 fully saturated rings. The number of carbonyl (C=O) groups is 4. The summed E-state index contributed by atoms with van der Waals surface area (Å²) in [6.45, 7) is 2.79. The van der Waals surface area contributed by atoms with Crippen molar-refractivity contribution < 1.29 is 19.2 Å². The molecule has 2 atom stereocenters. The zero-order valence-corrected chi connectivity index (χ0v) is 16.4. The monoisotopic (exact) mass is 410 g/mol. The van der Waals surface area contributed by atoms with Crippen molar-refractivity contribution in [1.29, 1.82) is 0 Å². The molecule has 0 saturated carbocycles. The Hall–Kier alpha value is -3.53. The molecule has 1 saturated heterocycles. The summed E-state index contributed by atoms with van der Waals surface area (Å²) >= 11 is 0. The Labute approximate surface area is 172 Å². The van der Waals surface area contributed by atoms with E-state index in [9.17, 15) is 19.2 Å². The number of benzene rings is 1. The molecule has 0 aliphatic carbocycles. The van der Waals surface area contributed by atoms with Crippen molar-refractivity contribution in [3.63, 3.8) is 0 Å². The molecule has 1 aromatic heterocycles. The lowest BCUT2D eigenvalue weighted by atomic mass is 10.0. The molecular formula is C20H22N6O4. The number of anilines is 1. The van der Waals surface area contributed by atoms with Crippen LogP contribution in [0.5, 0.6) is 0 Å². The average Bonchev–Trinajstić information content (AvgIpc) is 3.27. The summed E-state index contributed by atoms with van der Waals surface area (Å²) < 4.78 is 1.74. The van der Waals surface area contributed by atoms with Crippen LogP contribution in [0.3, 0.4) is 0 Å². The van der Waals surface area contributed by atoms with Gasteiger partial charge in [-0.15, -0.1) is 0 Å². The number of aromatic nitrogens is 2. The van der Waals surface area contributed by atoms with Gasteiger partial charge in [0.15, 0.2) is 0 Å². The van der Waals surface area contributed by atoms with Gasteiger partial charge in [-0.2, -0.15) is 5.10 Å². The van der Waals surface area contributed by atoms with E-state index in [1.807, 2.05) is 19.2 Å². The zero-order chi connectivity index (χ0) is 21.5. The van der Waals surface area contributed by atoms with E-state index in [0.29, 0.717) is 18.8 Å². The van der Waals surface area contributed by atoms with Crippen LogP contribution in [-0.2, 0) is 16.1 Å². The molecule has 1 aromatic carbocycles. The van der Waals surface area contributed by atoms with Crippen molar-refractivity contribution in [3.8, 4) is 0 Å². The molecule has 2 aliphatic heterocycles. The van der Waals surface area contributed by atoms with Gasteiger partial charge in [-0.05, 0) is 37.6 Å². The van der Waals surface area contributed by atoms with Gasteiger partial charge in [0, 0.05) is 36.6 Å². The van der Waals surface area contributed by atoms with Crippen molar-refractivity contribution in [2.75, 3.05) is 11.9 Å². The highest BCUT2D eigenvalue weighted by atomic mass is 16.2. The molecule has 0 bridgehead atoms. The van der Waals surface area contributed by atoms with E-state index >= 15 is 0 Å². The molecule has 2 aromatic rings. The first-order chi connectivity index (χ1) is 14.2. The second kappa shape index (κ2) is 7.38. The fourth-order valence-electron chi connectivity index (χ4n) is 3.70. The summed E-state index contributed by atoms with van der Waals surface area (Å²) in [6, 6.07) is 5.69. The van der Waals surface area contributed by atoms with Crippen LogP contribution < -0.4 is 16.4 Å². The fourth-order valence-corrected chi connectivity index (χ4v) is 3.70. The third-order valence-corrected chi connectivity index (χ3v) is 5.22. The van der Waals surface area contributed by atoms with Gasteiger partial charge in [0.1, 0.15) is 6.04 Å². The summed E-state index contributed by atoms with van der Waals surface area (Å²) in [5.41, 5.74) is 6.83. The molecule has 4 N–H and O–H groups in total. The average molecular weight is 410 g/mol. The lowest BCUT2D eigenvalue weighted by Gasteiger charge is -2.27. The van der Waals surface area contributed by atoms with Gasteiger partial charge in [0.25, 0.3) is 11.8 Å².